The van der Waals surface area contributed by atoms with Gasteiger partial charge in [-0.2, -0.15) is 0 Å². The molecule has 0 aromatic carbocycles. The zero-order valence-corrected chi connectivity index (χ0v) is 19.5. The van der Waals surface area contributed by atoms with Crippen LogP contribution in [0.2, 0.25) is 0 Å². The van der Waals surface area contributed by atoms with Crippen LogP contribution in [0.4, 0.5) is 4.79 Å². The Morgan fingerprint density at radius 1 is 1.20 bits per heavy atom. The van der Waals surface area contributed by atoms with E-state index in [1.54, 1.807) is 6.92 Å². The van der Waals surface area contributed by atoms with E-state index in [1.807, 2.05) is 52.8 Å². The molecule has 0 aliphatic heterocycles. The molecule has 3 unspecified atom stereocenters. The molecule has 1 amide bonds. The Morgan fingerprint density at radius 2 is 1.90 bits per heavy atom. The molecule has 0 fully saturated rings. The summed E-state index contributed by atoms with van der Waals surface area (Å²) in [6.07, 6.45) is 5.88. The molecule has 7 heteroatoms. The number of carbonyl (C=O) groups excluding carboxylic acids is 2. The Hall–Kier alpha value is -1.86. The number of carbonyl (C=O) groups is 2. The molecule has 0 aromatic rings. The normalized spacial score (nSPS) is 19.9. The van der Waals surface area contributed by atoms with Gasteiger partial charge in [-0.15, -0.1) is 0 Å². The molecule has 0 spiro atoms. The first-order chi connectivity index (χ1) is 14.1. The SMILES string of the molecule is CCCOC1C=CC(CC(OC(C)C)C(=O)OCC)=CC1CNC(=O)OC(C)(C)C. The van der Waals surface area contributed by atoms with Crippen molar-refractivity contribution in [3.05, 3.63) is 23.8 Å². The maximum atomic E-state index is 12.3. The van der Waals surface area contributed by atoms with E-state index < -0.39 is 17.8 Å². The summed E-state index contributed by atoms with van der Waals surface area (Å²) in [6, 6.07) is 0. The Labute approximate surface area is 181 Å². The van der Waals surface area contributed by atoms with Crippen molar-refractivity contribution in [2.24, 2.45) is 5.92 Å². The molecule has 0 bridgehead atoms. The van der Waals surface area contributed by atoms with Crippen LogP contribution in [0.25, 0.3) is 0 Å². The summed E-state index contributed by atoms with van der Waals surface area (Å²) in [4.78, 5) is 24.4. The highest BCUT2D eigenvalue weighted by Gasteiger charge is 2.27. The summed E-state index contributed by atoms with van der Waals surface area (Å²) >= 11 is 0. The first kappa shape index (κ1) is 26.2. The van der Waals surface area contributed by atoms with Gasteiger partial charge in [0.1, 0.15) is 5.60 Å². The van der Waals surface area contributed by atoms with Gasteiger partial charge in [0, 0.05) is 25.5 Å². The van der Waals surface area contributed by atoms with E-state index in [0.717, 1.165) is 12.0 Å². The summed E-state index contributed by atoms with van der Waals surface area (Å²) in [7, 11) is 0. The zero-order valence-electron chi connectivity index (χ0n) is 19.5. The fraction of sp³-hybridized carbons (Fsp3) is 0.739. The van der Waals surface area contributed by atoms with Crippen LogP contribution in [-0.2, 0) is 23.7 Å². The van der Waals surface area contributed by atoms with E-state index in [4.69, 9.17) is 18.9 Å². The Bertz CT molecular complexity index is 605. The van der Waals surface area contributed by atoms with Gasteiger partial charge in [-0.25, -0.2) is 9.59 Å². The van der Waals surface area contributed by atoms with Crippen LogP contribution in [0.1, 0.15) is 61.3 Å². The van der Waals surface area contributed by atoms with Crippen LogP contribution in [0.3, 0.4) is 0 Å². The quantitative estimate of drug-likeness (QED) is 0.500. The molecule has 0 radical (unpaired) electrons. The third kappa shape index (κ3) is 10.3. The lowest BCUT2D eigenvalue weighted by Gasteiger charge is -2.28. The average molecular weight is 426 g/mol. The van der Waals surface area contributed by atoms with Crippen LogP contribution < -0.4 is 5.32 Å². The summed E-state index contributed by atoms with van der Waals surface area (Å²) in [5, 5.41) is 2.82. The maximum Gasteiger partial charge on any atom is 0.407 e. The number of alkyl carbamates (subject to hydrolysis) is 1. The van der Waals surface area contributed by atoms with Gasteiger partial charge in [-0.1, -0.05) is 25.2 Å². The minimum absolute atomic E-state index is 0.0778. The minimum Gasteiger partial charge on any atom is -0.464 e. The number of amides is 1. The van der Waals surface area contributed by atoms with Crippen molar-refractivity contribution in [3.8, 4) is 0 Å². The van der Waals surface area contributed by atoms with E-state index in [0.29, 0.717) is 26.2 Å². The molecule has 1 aliphatic carbocycles. The van der Waals surface area contributed by atoms with Crippen LogP contribution in [0.5, 0.6) is 0 Å². The predicted octanol–water partition coefficient (Wildman–Crippen LogP) is 4.17. The highest BCUT2D eigenvalue weighted by Crippen LogP contribution is 2.24. The molecule has 1 aliphatic rings. The summed E-state index contributed by atoms with van der Waals surface area (Å²) in [6.45, 7) is 14.4. The smallest absolute Gasteiger partial charge is 0.407 e. The number of rotatable bonds is 11. The molecule has 0 saturated heterocycles. The van der Waals surface area contributed by atoms with Gasteiger partial charge < -0.3 is 24.3 Å². The Kier molecular flexibility index (Phi) is 11.1. The van der Waals surface area contributed by atoms with Gasteiger partial charge >= 0.3 is 12.1 Å². The lowest BCUT2D eigenvalue weighted by molar-refractivity contribution is -0.159. The number of ether oxygens (including phenoxy) is 4. The number of allylic oxidation sites excluding steroid dienone is 1. The highest BCUT2D eigenvalue weighted by atomic mass is 16.6. The predicted molar refractivity (Wildman–Crippen MR) is 116 cm³/mol. The number of hydrogen-bond donors (Lipinski definition) is 1. The van der Waals surface area contributed by atoms with Gasteiger partial charge in [0.15, 0.2) is 6.10 Å². The highest BCUT2D eigenvalue weighted by molar-refractivity contribution is 5.75. The fourth-order valence-corrected chi connectivity index (χ4v) is 3.01. The fourth-order valence-electron chi connectivity index (χ4n) is 3.01. The summed E-state index contributed by atoms with van der Waals surface area (Å²) < 4.78 is 22.2. The molecule has 1 N–H and O–H groups in total. The van der Waals surface area contributed by atoms with Crippen LogP contribution >= 0.6 is 0 Å². The van der Waals surface area contributed by atoms with Crippen LogP contribution in [0.15, 0.2) is 23.8 Å². The molecule has 1 rings (SSSR count). The van der Waals surface area contributed by atoms with Crippen molar-refractivity contribution in [1.82, 2.24) is 5.32 Å². The molecule has 7 nitrogen and oxygen atoms in total. The number of nitrogens with one attached hydrogen (secondary N) is 1. The third-order valence-corrected chi connectivity index (χ3v) is 4.15. The molecule has 30 heavy (non-hydrogen) atoms. The topological polar surface area (TPSA) is 83.1 Å². The first-order valence-electron chi connectivity index (χ1n) is 10.8. The zero-order chi connectivity index (χ0) is 22.7. The molecule has 0 aromatic heterocycles. The lowest BCUT2D eigenvalue weighted by Crippen LogP contribution is -2.39. The third-order valence-electron chi connectivity index (χ3n) is 4.15. The molecular weight excluding hydrogens is 386 g/mol. The molecule has 3 atom stereocenters. The van der Waals surface area contributed by atoms with Gasteiger partial charge in [0.2, 0.25) is 0 Å². The maximum absolute atomic E-state index is 12.3. The van der Waals surface area contributed by atoms with Gasteiger partial charge in [-0.3, -0.25) is 0 Å². The van der Waals surface area contributed by atoms with E-state index >= 15 is 0 Å². The molecular formula is C23H39NO6. The Balaban J connectivity index is 2.87. The largest absolute Gasteiger partial charge is 0.464 e. The molecule has 172 valence electrons. The minimum atomic E-state index is -0.673. The molecule has 0 heterocycles. The average Bonchev–Trinajstić information content (AvgIpc) is 2.63. The second-order valence-electron chi connectivity index (χ2n) is 8.61. The van der Waals surface area contributed by atoms with E-state index in [-0.39, 0.29) is 24.1 Å². The monoisotopic (exact) mass is 425 g/mol. The summed E-state index contributed by atoms with van der Waals surface area (Å²) in [5.74, 6) is -0.445. The van der Waals surface area contributed by atoms with Crippen LogP contribution in [0, 0.1) is 5.92 Å². The summed E-state index contributed by atoms with van der Waals surface area (Å²) in [5.41, 5.74) is 0.387. The van der Waals surface area contributed by atoms with Crippen molar-refractivity contribution in [2.75, 3.05) is 19.8 Å². The van der Waals surface area contributed by atoms with Gasteiger partial charge in [0.25, 0.3) is 0 Å². The van der Waals surface area contributed by atoms with Crippen molar-refractivity contribution in [3.63, 3.8) is 0 Å². The van der Waals surface area contributed by atoms with E-state index in [1.165, 1.54) is 0 Å². The van der Waals surface area contributed by atoms with E-state index in [9.17, 15) is 9.59 Å². The molecule has 0 saturated carbocycles. The van der Waals surface area contributed by atoms with Gasteiger partial charge in [0.05, 0.1) is 18.8 Å². The number of esters is 1. The second-order valence-corrected chi connectivity index (χ2v) is 8.61. The second kappa shape index (κ2) is 12.7. The first-order valence-corrected chi connectivity index (χ1v) is 10.8. The van der Waals surface area contributed by atoms with Crippen molar-refractivity contribution in [1.29, 1.82) is 0 Å². The lowest BCUT2D eigenvalue weighted by atomic mass is 9.90. The van der Waals surface area contributed by atoms with Crippen molar-refractivity contribution < 1.29 is 28.5 Å². The van der Waals surface area contributed by atoms with Crippen molar-refractivity contribution >= 4 is 12.1 Å². The standard InChI is InChI=1S/C23H39NO6/c1-8-12-28-19-11-10-17(14-20(29-16(3)4)21(25)27-9-2)13-18(19)15-24-22(26)30-23(5,6)7/h10-11,13,16,18-20H,8-9,12,14-15H2,1-7H3,(H,24,26). The van der Waals surface area contributed by atoms with Crippen molar-refractivity contribution in [2.45, 2.75) is 85.2 Å². The Morgan fingerprint density at radius 3 is 2.47 bits per heavy atom. The van der Waals surface area contributed by atoms with Crippen LogP contribution in [-0.4, -0.2) is 55.7 Å². The van der Waals surface area contributed by atoms with E-state index in [2.05, 4.69) is 12.2 Å². The number of hydrogen-bond acceptors (Lipinski definition) is 6. The van der Waals surface area contributed by atoms with Gasteiger partial charge in [-0.05, 0) is 53.5 Å².